The molecule has 0 spiro atoms. The van der Waals surface area contributed by atoms with Crippen LogP contribution in [0.5, 0.6) is 11.5 Å². The molecule has 0 aliphatic carbocycles. The second-order valence-corrected chi connectivity index (χ2v) is 5.89. The van der Waals surface area contributed by atoms with Crippen LogP contribution in [0.4, 0.5) is 0 Å². The van der Waals surface area contributed by atoms with Crippen LogP contribution < -0.4 is 9.47 Å². The van der Waals surface area contributed by atoms with Gasteiger partial charge in [0, 0.05) is 24.0 Å². The van der Waals surface area contributed by atoms with Gasteiger partial charge in [-0.05, 0) is 25.0 Å². The molecule has 3 rings (SSSR count). The fourth-order valence-electron chi connectivity index (χ4n) is 2.26. The molecule has 1 aromatic heterocycles. The number of rotatable bonds is 6. The molecule has 1 saturated heterocycles. The Labute approximate surface area is 133 Å². The smallest absolute Gasteiger partial charge is 0.276 e. The lowest BCUT2D eigenvalue weighted by Crippen LogP contribution is -2.07. The van der Waals surface area contributed by atoms with Gasteiger partial charge in [-0.25, -0.2) is 0 Å². The third-order valence-corrected chi connectivity index (χ3v) is 4.37. The van der Waals surface area contributed by atoms with Gasteiger partial charge in [-0.15, -0.1) is 10.2 Å². The zero-order valence-corrected chi connectivity index (χ0v) is 13.4. The molecule has 118 valence electrons. The highest BCUT2D eigenvalue weighted by Gasteiger charge is 2.18. The summed E-state index contributed by atoms with van der Waals surface area (Å²) in [6.07, 6.45) is 2.52. The summed E-state index contributed by atoms with van der Waals surface area (Å²) in [6.45, 7) is 0.851. The minimum absolute atomic E-state index is 0.289. The van der Waals surface area contributed by atoms with Crippen molar-refractivity contribution in [1.29, 1.82) is 0 Å². The Bertz CT molecular complexity index is 604. The number of ether oxygens (including phenoxy) is 3. The van der Waals surface area contributed by atoms with E-state index in [-0.39, 0.29) is 6.10 Å². The summed E-state index contributed by atoms with van der Waals surface area (Å²) in [5, 5.41) is 8.72. The highest BCUT2D eigenvalue weighted by molar-refractivity contribution is 7.99. The second kappa shape index (κ2) is 7.02. The van der Waals surface area contributed by atoms with E-state index in [1.54, 1.807) is 20.3 Å². The lowest BCUT2D eigenvalue weighted by molar-refractivity contribution is 0.128. The van der Waals surface area contributed by atoms with Crippen molar-refractivity contribution in [3.05, 3.63) is 18.2 Å². The van der Waals surface area contributed by atoms with Gasteiger partial charge in [0.2, 0.25) is 5.89 Å². The first-order valence-corrected chi connectivity index (χ1v) is 8.08. The predicted molar refractivity (Wildman–Crippen MR) is 82.5 cm³/mol. The van der Waals surface area contributed by atoms with E-state index in [4.69, 9.17) is 18.6 Å². The topological polar surface area (TPSA) is 66.6 Å². The normalized spacial score (nSPS) is 17.6. The zero-order valence-electron chi connectivity index (χ0n) is 12.6. The Morgan fingerprint density at radius 3 is 2.59 bits per heavy atom. The van der Waals surface area contributed by atoms with Crippen molar-refractivity contribution in [1.82, 2.24) is 10.2 Å². The molecule has 0 N–H and O–H groups in total. The van der Waals surface area contributed by atoms with Crippen LogP contribution in [-0.2, 0) is 4.74 Å². The van der Waals surface area contributed by atoms with Crippen LogP contribution in [0.3, 0.4) is 0 Å². The summed E-state index contributed by atoms with van der Waals surface area (Å²) >= 11 is 1.53. The summed E-state index contributed by atoms with van der Waals surface area (Å²) in [7, 11) is 3.21. The van der Waals surface area contributed by atoms with Crippen molar-refractivity contribution < 1.29 is 18.6 Å². The standard InChI is InChI=1S/C15H18N2O4S/c1-18-12-6-10(7-13(8-12)19-2)14-16-17-15(21-14)22-9-11-4-3-5-20-11/h6-8,11H,3-5,9H2,1-2H3. The third kappa shape index (κ3) is 3.53. The minimum Gasteiger partial charge on any atom is -0.497 e. The van der Waals surface area contributed by atoms with Gasteiger partial charge in [-0.3, -0.25) is 0 Å². The Morgan fingerprint density at radius 1 is 1.18 bits per heavy atom. The molecular formula is C15H18N2O4S. The summed E-state index contributed by atoms with van der Waals surface area (Å²) in [5.74, 6) is 2.65. The number of aromatic nitrogens is 2. The van der Waals surface area contributed by atoms with Crippen molar-refractivity contribution >= 4 is 11.8 Å². The van der Waals surface area contributed by atoms with Crippen molar-refractivity contribution in [3.63, 3.8) is 0 Å². The Hall–Kier alpha value is -1.73. The van der Waals surface area contributed by atoms with Gasteiger partial charge in [-0.1, -0.05) is 11.8 Å². The molecule has 1 fully saturated rings. The second-order valence-electron chi connectivity index (χ2n) is 4.92. The van der Waals surface area contributed by atoms with Gasteiger partial charge >= 0.3 is 0 Å². The molecule has 6 nitrogen and oxygen atoms in total. The van der Waals surface area contributed by atoms with Crippen LogP contribution in [0, 0.1) is 0 Å². The Morgan fingerprint density at radius 2 is 1.95 bits per heavy atom. The minimum atomic E-state index is 0.289. The fourth-order valence-corrected chi connectivity index (χ4v) is 3.08. The number of methoxy groups -OCH3 is 2. The van der Waals surface area contributed by atoms with E-state index < -0.39 is 0 Å². The van der Waals surface area contributed by atoms with Gasteiger partial charge in [0.05, 0.1) is 20.3 Å². The van der Waals surface area contributed by atoms with Crippen molar-refractivity contribution in [2.24, 2.45) is 0 Å². The summed E-state index contributed by atoms with van der Waals surface area (Å²) in [4.78, 5) is 0. The molecule has 1 aromatic carbocycles. The van der Waals surface area contributed by atoms with E-state index in [9.17, 15) is 0 Å². The molecule has 7 heteroatoms. The number of thioether (sulfide) groups is 1. The third-order valence-electron chi connectivity index (χ3n) is 3.42. The van der Waals surface area contributed by atoms with E-state index in [2.05, 4.69) is 10.2 Å². The fraction of sp³-hybridized carbons (Fsp3) is 0.467. The van der Waals surface area contributed by atoms with Gasteiger partial charge in [-0.2, -0.15) is 0 Å². The first-order chi connectivity index (χ1) is 10.8. The largest absolute Gasteiger partial charge is 0.497 e. The first kappa shape index (κ1) is 15.2. The Balaban J connectivity index is 1.72. The van der Waals surface area contributed by atoms with Crippen molar-refractivity contribution in [3.8, 4) is 23.0 Å². The quantitative estimate of drug-likeness (QED) is 0.757. The molecule has 0 amide bonds. The van der Waals surface area contributed by atoms with E-state index in [1.165, 1.54) is 11.8 Å². The molecule has 2 aromatic rings. The van der Waals surface area contributed by atoms with E-state index in [0.717, 1.165) is 30.8 Å². The molecular weight excluding hydrogens is 304 g/mol. The van der Waals surface area contributed by atoms with E-state index >= 15 is 0 Å². The molecule has 0 bridgehead atoms. The predicted octanol–water partition coefficient (Wildman–Crippen LogP) is 3.02. The monoisotopic (exact) mass is 322 g/mol. The zero-order chi connectivity index (χ0) is 15.4. The summed E-state index contributed by atoms with van der Waals surface area (Å²) in [6, 6.07) is 5.47. The van der Waals surface area contributed by atoms with Crippen LogP contribution in [0.1, 0.15) is 12.8 Å². The molecule has 2 heterocycles. The number of nitrogens with zero attached hydrogens (tertiary/aromatic N) is 2. The molecule has 22 heavy (non-hydrogen) atoms. The van der Waals surface area contributed by atoms with Crippen LogP contribution >= 0.6 is 11.8 Å². The lowest BCUT2D eigenvalue weighted by Gasteiger charge is -2.06. The molecule has 1 aliphatic heterocycles. The highest BCUT2D eigenvalue weighted by atomic mass is 32.2. The van der Waals surface area contributed by atoms with Crippen LogP contribution in [0.15, 0.2) is 27.8 Å². The average Bonchev–Trinajstić information content (AvgIpc) is 3.23. The maximum Gasteiger partial charge on any atom is 0.276 e. The molecule has 1 unspecified atom stereocenters. The van der Waals surface area contributed by atoms with Gasteiger partial charge in [0.1, 0.15) is 11.5 Å². The summed E-state index contributed by atoms with van der Waals surface area (Å²) in [5.41, 5.74) is 0.771. The van der Waals surface area contributed by atoms with Crippen LogP contribution in [0.25, 0.3) is 11.5 Å². The number of hydrogen-bond donors (Lipinski definition) is 0. The maximum absolute atomic E-state index is 5.70. The maximum atomic E-state index is 5.70. The number of benzene rings is 1. The SMILES string of the molecule is COc1cc(OC)cc(-c2nnc(SCC3CCCO3)o2)c1. The molecule has 1 aliphatic rings. The molecule has 1 atom stereocenters. The van der Waals surface area contributed by atoms with Crippen molar-refractivity contribution in [2.45, 2.75) is 24.2 Å². The van der Waals surface area contributed by atoms with Gasteiger partial charge in [0.25, 0.3) is 5.22 Å². The van der Waals surface area contributed by atoms with Crippen molar-refractivity contribution in [2.75, 3.05) is 26.6 Å². The van der Waals surface area contributed by atoms with Crippen LogP contribution in [-0.4, -0.2) is 42.9 Å². The first-order valence-electron chi connectivity index (χ1n) is 7.10. The van der Waals surface area contributed by atoms with Gasteiger partial charge in [0.15, 0.2) is 0 Å². The molecule has 0 saturated carbocycles. The van der Waals surface area contributed by atoms with E-state index in [1.807, 2.05) is 12.1 Å². The summed E-state index contributed by atoms with van der Waals surface area (Å²) < 4.78 is 21.8. The van der Waals surface area contributed by atoms with Crippen LogP contribution in [0.2, 0.25) is 0 Å². The number of hydrogen-bond acceptors (Lipinski definition) is 7. The van der Waals surface area contributed by atoms with E-state index in [0.29, 0.717) is 22.6 Å². The molecule has 0 radical (unpaired) electrons. The average molecular weight is 322 g/mol. The highest BCUT2D eigenvalue weighted by Crippen LogP contribution is 2.31. The Kier molecular flexibility index (Phi) is 4.84. The van der Waals surface area contributed by atoms with Gasteiger partial charge < -0.3 is 18.6 Å². The lowest BCUT2D eigenvalue weighted by atomic mass is 10.2.